The number of morpholine rings is 1. The predicted molar refractivity (Wildman–Crippen MR) is 95.1 cm³/mol. The molecule has 0 unspecified atom stereocenters. The first-order chi connectivity index (χ1) is 12.8. The van der Waals surface area contributed by atoms with Gasteiger partial charge in [-0.3, -0.25) is 4.90 Å². The Labute approximate surface area is 152 Å². The largest absolute Gasteiger partial charge is 0.493 e. The van der Waals surface area contributed by atoms with Gasteiger partial charge in [-0.15, -0.1) is 5.10 Å². The van der Waals surface area contributed by atoms with Gasteiger partial charge in [-0.05, 0) is 25.5 Å². The zero-order valence-corrected chi connectivity index (χ0v) is 14.9. The summed E-state index contributed by atoms with van der Waals surface area (Å²) >= 11 is 0. The lowest BCUT2D eigenvalue weighted by atomic mass is 10.1. The van der Waals surface area contributed by atoms with Crippen molar-refractivity contribution in [3.8, 4) is 17.0 Å². The Hall–Kier alpha value is -2.45. The van der Waals surface area contributed by atoms with Crippen LogP contribution in [0.5, 0.6) is 5.75 Å². The van der Waals surface area contributed by atoms with Crippen molar-refractivity contribution in [3.63, 3.8) is 0 Å². The number of H-pyrrole nitrogens is 1. The molecular weight excluding hydrogens is 336 g/mol. The van der Waals surface area contributed by atoms with Gasteiger partial charge in [-0.1, -0.05) is 12.1 Å². The van der Waals surface area contributed by atoms with Crippen LogP contribution in [0.1, 0.15) is 23.8 Å². The van der Waals surface area contributed by atoms with E-state index >= 15 is 0 Å². The van der Waals surface area contributed by atoms with Crippen molar-refractivity contribution in [2.45, 2.75) is 13.3 Å². The molecule has 1 N–H and O–H groups in total. The van der Waals surface area contributed by atoms with Crippen LogP contribution in [0, 0.1) is 0 Å². The van der Waals surface area contributed by atoms with Crippen LogP contribution in [0.3, 0.4) is 0 Å². The van der Waals surface area contributed by atoms with E-state index in [1.165, 1.54) is 0 Å². The van der Waals surface area contributed by atoms with Gasteiger partial charge in [0.05, 0.1) is 26.4 Å². The molecule has 1 fully saturated rings. The van der Waals surface area contributed by atoms with Crippen molar-refractivity contribution < 1.29 is 19.0 Å². The fraction of sp³-hybridized carbons (Fsp3) is 0.500. The summed E-state index contributed by atoms with van der Waals surface area (Å²) in [5.74, 6) is 0.173. The molecule has 3 rings (SSSR count). The average molecular weight is 360 g/mol. The van der Waals surface area contributed by atoms with Crippen LogP contribution in [0.4, 0.5) is 0 Å². The Morgan fingerprint density at radius 3 is 2.88 bits per heavy atom. The molecular formula is C18H24N4O4. The number of benzene rings is 1. The summed E-state index contributed by atoms with van der Waals surface area (Å²) in [5, 5.41) is 10.5. The maximum atomic E-state index is 12.0. The number of hydrogen-bond donors (Lipinski definition) is 1. The lowest BCUT2D eigenvalue weighted by Crippen LogP contribution is -2.37. The fourth-order valence-electron chi connectivity index (χ4n) is 2.84. The number of aromatic nitrogens is 3. The molecule has 0 bridgehead atoms. The standard InChI is InChI=1S/C18H24N4O4/c1-2-25-18(23)17-16(19-21-20-17)14-6-3-4-7-15(14)26-11-5-8-22-9-12-24-13-10-22/h3-4,6-7H,2,5,8-13H2,1H3,(H,19,20,21). The fourth-order valence-corrected chi connectivity index (χ4v) is 2.84. The van der Waals surface area contributed by atoms with Crippen molar-refractivity contribution in [3.05, 3.63) is 30.0 Å². The molecule has 0 amide bonds. The third-order valence-corrected chi connectivity index (χ3v) is 4.14. The minimum Gasteiger partial charge on any atom is -0.493 e. The number of aromatic amines is 1. The minimum atomic E-state index is -0.502. The molecule has 0 radical (unpaired) electrons. The van der Waals surface area contributed by atoms with Crippen LogP contribution in [0.2, 0.25) is 0 Å². The summed E-state index contributed by atoms with van der Waals surface area (Å²) < 4.78 is 16.3. The van der Waals surface area contributed by atoms with Crippen LogP contribution in [-0.4, -0.2) is 72.3 Å². The van der Waals surface area contributed by atoms with Gasteiger partial charge >= 0.3 is 5.97 Å². The Morgan fingerprint density at radius 1 is 1.27 bits per heavy atom. The molecule has 8 heteroatoms. The normalized spacial score (nSPS) is 15.0. The van der Waals surface area contributed by atoms with Gasteiger partial charge in [0, 0.05) is 25.2 Å². The topological polar surface area (TPSA) is 89.6 Å². The third-order valence-electron chi connectivity index (χ3n) is 4.14. The van der Waals surface area contributed by atoms with Gasteiger partial charge in [0.1, 0.15) is 11.4 Å². The Morgan fingerprint density at radius 2 is 2.08 bits per heavy atom. The van der Waals surface area contributed by atoms with Crippen LogP contribution in [0.25, 0.3) is 11.3 Å². The molecule has 140 valence electrons. The number of esters is 1. The molecule has 1 aliphatic rings. The number of carbonyl (C=O) groups is 1. The van der Waals surface area contributed by atoms with Crippen molar-refractivity contribution in [1.29, 1.82) is 0 Å². The highest BCUT2D eigenvalue weighted by Gasteiger charge is 2.21. The van der Waals surface area contributed by atoms with Crippen LogP contribution >= 0.6 is 0 Å². The lowest BCUT2D eigenvalue weighted by molar-refractivity contribution is 0.0358. The number of nitrogens with zero attached hydrogens (tertiary/aromatic N) is 3. The zero-order chi connectivity index (χ0) is 18.2. The van der Waals surface area contributed by atoms with Gasteiger partial charge in [0.2, 0.25) is 0 Å². The summed E-state index contributed by atoms with van der Waals surface area (Å²) in [6.07, 6.45) is 0.915. The number of para-hydroxylation sites is 1. The van der Waals surface area contributed by atoms with Crippen LogP contribution in [0.15, 0.2) is 24.3 Å². The Balaban J connectivity index is 1.63. The van der Waals surface area contributed by atoms with E-state index < -0.39 is 5.97 Å². The Bertz CT molecular complexity index is 713. The molecule has 1 aliphatic heterocycles. The summed E-state index contributed by atoms with van der Waals surface area (Å²) in [6.45, 7) is 7.13. The van der Waals surface area contributed by atoms with Crippen LogP contribution < -0.4 is 4.74 Å². The van der Waals surface area contributed by atoms with E-state index in [0.29, 0.717) is 18.1 Å². The van der Waals surface area contributed by atoms with Crippen molar-refractivity contribution in [2.24, 2.45) is 0 Å². The molecule has 0 aliphatic carbocycles. The van der Waals surface area contributed by atoms with Crippen LogP contribution in [-0.2, 0) is 9.47 Å². The third kappa shape index (κ3) is 4.59. The molecule has 0 spiro atoms. The number of ether oxygens (including phenoxy) is 3. The van der Waals surface area contributed by atoms with Crippen molar-refractivity contribution >= 4 is 5.97 Å². The maximum absolute atomic E-state index is 12.0. The Kier molecular flexibility index (Phi) is 6.56. The second kappa shape index (κ2) is 9.30. The van der Waals surface area contributed by atoms with E-state index in [2.05, 4.69) is 20.3 Å². The summed E-state index contributed by atoms with van der Waals surface area (Å²) in [7, 11) is 0. The molecule has 26 heavy (non-hydrogen) atoms. The predicted octanol–water partition coefficient (Wildman–Crippen LogP) is 1.75. The zero-order valence-electron chi connectivity index (χ0n) is 14.9. The van der Waals surface area contributed by atoms with Crippen molar-refractivity contribution in [2.75, 3.05) is 46.1 Å². The highest BCUT2D eigenvalue weighted by molar-refractivity contribution is 5.94. The van der Waals surface area contributed by atoms with E-state index in [0.717, 1.165) is 44.8 Å². The number of carbonyl (C=O) groups excluding carboxylic acids is 1. The van der Waals surface area contributed by atoms with Gasteiger partial charge < -0.3 is 14.2 Å². The first-order valence-electron chi connectivity index (χ1n) is 8.89. The molecule has 2 heterocycles. The SMILES string of the molecule is CCOC(=O)c1n[nH]nc1-c1ccccc1OCCCN1CCOCC1. The molecule has 0 atom stereocenters. The second-order valence-corrected chi connectivity index (χ2v) is 5.89. The highest BCUT2D eigenvalue weighted by Crippen LogP contribution is 2.30. The molecule has 1 aromatic carbocycles. The van der Waals surface area contributed by atoms with Gasteiger partial charge in [0.15, 0.2) is 5.69 Å². The summed E-state index contributed by atoms with van der Waals surface area (Å²) in [5.41, 5.74) is 1.32. The van der Waals surface area contributed by atoms with E-state index in [1.54, 1.807) is 6.92 Å². The van der Waals surface area contributed by atoms with E-state index in [1.807, 2.05) is 24.3 Å². The monoisotopic (exact) mass is 360 g/mol. The van der Waals surface area contributed by atoms with Gasteiger partial charge in [-0.2, -0.15) is 10.3 Å². The first-order valence-corrected chi connectivity index (χ1v) is 8.89. The molecule has 8 nitrogen and oxygen atoms in total. The van der Waals surface area contributed by atoms with E-state index in [9.17, 15) is 4.79 Å². The lowest BCUT2D eigenvalue weighted by Gasteiger charge is -2.26. The number of nitrogens with one attached hydrogen (secondary N) is 1. The maximum Gasteiger partial charge on any atom is 0.361 e. The number of hydrogen-bond acceptors (Lipinski definition) is 7. The van der Waals surface area contributed by atoms with Crippen molar-refractivity contribution in [1.82, 2.24) is 20.3 Å². The molecule has 1 aromatic heterocycles. The minimum absolute atomic E-state index is 0.163. The van der Waals surface area contributed by atoms with E-state index in [4.69, 9.17) is 14.2 Å². The smallest absolute Gasteiger partial charge is 0.361 e. The highest BCUT2D eigenvalue weighted by atomic mass is 16.5. The first kappa shape index (κ1) is 18.3. The summed E-state index contributed by atoms with van der Waals surface area (Å²) in [4.78, 5) is 14.4. The second-order valence-electron chi connectivity index (χ2n) is 5.89. The molecule has 1 saturated heterocycles. The van der Waals surface area contributed by atoms with E-state index in [-0.39, 0.29) is 12.3 Å². The molecule has 2 aromatic rings. The quantitative estimate of drug-likeness (QED) is 0.566. The van der Waals surface area contributed by atoms with Gasteiger partial charge in [0.25, 0.3) is 0 Å². The number of rotatable bonds is 8. The summed E-state index contributed by atoms with van der Waals surface area (Å²) in [6, 6.07) is 7.50. The van der Waals surface area contributed by atoms with Gasteiger partial charge in [-0.25, -0.2) is 4.79 Å². The average Bonchev–Trinajstić information content (AvgIpc) is 3.16. The molecule has 0 saturated carbocycles.